The average Bonchev–Trinajstić information content (AvgIpc) is 3.06. The molecule has 0 aromatic carbocycles. The fraction of sp³-hybridized carbons (Fsp3) is 0.733. The first-order chi connectivity index (χ1) is 9.93. The Kier molecular flexibility index (Phi) is 5.82. The van der Waals surface area contributed by atoms with Crippen LogP contribution in [0.15, 0.2) is 16.3 Å². The molecule has 1 fully saturated rings. The van der Waals surface area contributed by atoms with E-state index in [0.717, 1.165) is 30.7 Å². The zero-order valence-corrected chi connectivity index (χ0v) is 14.8. The summed E-state index contributed by atoms with van der Waals surface area (Å²) in [5.41, 5.74) is 0. The van der Waals surface area contributed by atoms with Crippen molar-refractivity contribution in [2.75, 3.05) is 13.1 Å². The normalized spacial score (nSPS) is 20.5. The van der Waals surface area contributed by atoms with Crippen LogP contribution < -0.4 is 5.32 Å². The van der Waals surface area contributed by atoms with E-state index in [1.54, 1.807) is 10.4 Å². The molecule has 21 heavy (non-hydrogen) atoms. The topological polar surface area (TPSA) is 49.4 Å². The number of rotatable bonds is 7. The van der Waals surface area contributed by atoms with E-state index in [4.69, 9.17) is 0 Å². The fourth-order valence-corrected chi connectivity index (χ4v) is 5.68. The van der Waals surface area contributed by atoms with Gasteiger partial charge >= 0.3 is 0 Å². The minimum Gasteiger partial charge on any atom is -0.310 e. The van der Waals surface area contributed by atoms with Gasteiger partial charge in [-0.05, 0) is 30.9 Å². The predicted molar refractivity (Wildman–Crippen MR) is 88.1 cm³/mol. The zero-order chi connectivity index (χ0) is 15.5. The van der Waals surface area contributed by atoms with Gasteiger partial charge in [0, 0.05) is 30.6 Å². The third-order valence-corrected chi connectivity index (χ3v) is 7.28. The van der Waals surface area contributed by atoms with Gasteiger partial charge in [-0.15, -0.1) is 11.3 Å². The van der Waals surface area contributed by atoms with Crippen LogP contribution in [0.4, 0.5) is 0 Å². The van der Waals surface area contributed by atoms with Crippen LogP contribution in [0.3, 0.4) is 0 Å². The molecule has 0 bridgehead atoms. The second-order valence-corrected chi connectivity index (χ2v) is 9.40. The van der Waals surface area contributed by atoms with Crippen molar-refractivity contribution in [1.29, 1.82) is 0 Å². The van der Waals surface area contributed by atoms with Crippen LogP contribution >= 0.6 is 11.3 Å². The van der Waals surface area contributed by atoms with Gasteiger partial charge < -0.3 is 5.32 Å². The molecule has 0 amide bonds. The van der Waals surface area contributed by atoms with E-state index < -0.39 is 10.0 Å². The summed E-state index contributed by atoms with van der Waals surface area (Å²) in [7, 11) is -3.28. The number of hydrogen-bond acceptors (Lipinski definition) is 4. The average molecular weight is 331 g/mol. The minimum absolute atomic E-state index is 0.403. The van der Waals surface area contributed by atoms with Crippen LogP contribution in [0.5, 0.6) is 0 Å². The lowest BCUT2D eigenvalue weighted by Crippen LogP contribution is -2.28. The summed E-state index contributed by atoms with van der Waals surface area (Å²) in [6.07, 6.45) is 3.25. The van der Waals surface area contributed by atoms with Gasteiger partial charge in [-0.2, -0.15) is 4.31 Å². The number of thiophene rings is 1. The molecule has 1 aliphatic rings. The Bertz CT molecular complexity index is 552. The number of nitrogens with zero attached hydrogens (tertiary/aromatic N) is 1. The van der Waals surface area contributed by atoms with Crippen molar-refractivity contribution >= 4 is 21.4 Å². The summed E-state index contributed by atoms with van der Waals surface area (Å²) in [4.78, 5) is 1.08. The van der Waals surface area contributed by atoms with E-state index in [0.29, 0.717) is 29.3 Å². The van der Waals surface area contributed by atoms with Crippen LogP contribution in [-0.4, -0.2) is 31.9 Å². The molecule has 0 spiro atoms. The summed E-state index contributed by atoms with van der Waals surface area (Å²) < 4.78 is 27.5. The molecule has 0 radical (unpaired) electrons. The Morgan fingerprint density at radius 3 is 2.86 bits per heavy atom. The Hall–Kier alpha value is -0.430. The molecule has 0 saturated carbocycles. The van der Waals surface area contributed by atoms with E-state index in [2.05, 4.69) is 26.1 Å². The molecule has 1 atom stereocenters. The van der Waals surface area contributed by atoms with E-state index in [1.165, 1.54) is 11.3 Å². The minimum atomic E-state index is -3.28. The highest BCUT2D eigenvalue weighted by molar-refractivity contribution is 7.91. The van der Waals surface area contributed by atoms with Crippen molar-refractivity contribution in [3.63, 3.8) is 0 Å². The van der Waals surface area contributed by atoms with Crippen molar-refractivity contribution in [2.24, 2.45) is 5.92 Å². The maximum absolute atomic E-state index is 12.7. The number of sulfonamides is 1. The van der Waals surface area contributed by atoms with E-state index in [-0.39, 0.29) is 0 Å². The highest BCUT2D eigenvalue weighted by Gasteiger charge is 2.32. The van der Waals surface area contributed by atoms with Crippen molar-refractivity contribution in [3.05, 3.63) is 17.0 Å². The molecule has 1 saturated heterocycles. The quantitative estimate of drug-likeness (QED) is 0.836. The zero-order valence-electron chi connectivity index (χ0n) is 13.1. The first kappa shape index (κ1) is 16.9. The summed E-state index contributed by atoms with van der Waals surface area (Å²) in [5, 5.41) is 3.32. The maximum Gasteiger partial charge on any atom is 0.252 e. The van der Waals surface area contributed by atoms with Gasteiger partial charge in [-0.3, -0.25) is 0 Å². The monoisotopic (exact) mass is 330 g/mol. The Labute approximate surface area is 132 Å². The Morgan fingerprint density at radius 2 is 2.19 bits per heavy atom. The van der Waals surface area contributed by atoms with Crippen LogP contribution in [0, 0.1) is 5.92 Å². The highest BCUT2D eigenvalue weighted by atomic mass is 32.2. The van der Waals surface area contributed by atoms with Crippen molar-refractivity contribution in [3.8, 4) is 0 Å². The van der Waals surface area contributed by atoms with Gasteiger partial charge in [0.2, 0.25) is 0 Å². The van der Waals surface area contributed by atoms with Gasteiger partial charge in [0.15, 0.2) is 0 Å². The number of hydrogen-bond donors (Lipinski definition) is 1. The van der Waals surface area contributed by atoms with Crippen LogP contribution in [0.1, 0.15) is 44.9 Å². The lowest BCUT2D eigenvalue weighted by atomic mass is 10.0. The fourth-order valence-electron chi connectivity index (χ4n) is 2.68. The lowest BCUT2D eigenvalue weighted by Gasteiger charge is -2.15. The summed E-state index contributed by atoms with van der Waals surface area (Å²) in [6.45, 7) is 8.42. The van der Waals surface area contributed by atoms with Gasteiger partial charge in [0.05, 0.1) is 0 Å². The summed E-state index contributed by atoms with van der Waals surface area (Å²) in [5.74, 6) is 0.534. The third kappa shape index (κ3) is 4.28. The first-order valence-electron chi connectivity index (χ1n) is 7.75. The second-order valence-electron chi connectivity index (χ2n) is 6.06. The van der Waals surface area contributed by atoms with Gasteiger partial charge in [-0.1, -0.05) is 27.2 Å². The van der Waals surface area contributed by atoms with Crippen LogP contribution in [-0.2, 0) is 16.6 Å². The predicted octanol–water partition coefficient (Wildman–Crippen LogP) is 3.06. The highest BCUT2D eigenvalue weighted by Crippen LogP contribution is 2.30. The van der Waals surface area contributed by atoms with E-state index in [9.17, 15) is 8.42 Å². The molecular formula is C15H26N2O2S2. The van der Waals surface area contributed by atoms with Gasteiger partial charge in [0.25, 0.3) is 10.0 Å². The molecule has 4 nitrogen and oxygen atoms in total. The number of nitrogens with one attached hydrogen (secondary N) is 1. The van der Waals surface area contributed by atoms with Crippen LogP contribution in [0.25, 0.3) is 0 Å². The molecule has 0 aliphatic carbocycles. The molecule has 1 aromatic heterocycles. The Balaban J connectivity index is 2.03. The SMILES string of the molecule is CCCC1CCN(S(=O)(=O)c2ccc(CNC(C)C)s2)C1. The molecule has 1 aromatic rings. The first-order valence-corrected chi connectivity index (χ1v) is 10.0. The molecule has 2 rings (SSSR count). The molecule has 2 heterocycles. The van der Waals surface area contributed by atoms with E-state index in [1.807, 2.05) is 6.07 Å². The van der Waals surface area contributed by atoms with E-state index >= 15 is 0 Å². The molecule has 120 valence electrons. The summed E-state index contributed by atoms with van der Waals surface area (Å²) >= 11 is 1.39. The molecule has 1 unspecified atom stereocenters. The summed E-state index contributed by atoms with van der Waals surface area (Å²) in [6, 6.07) is 4.08. The lowest BCUT2D eigenvalue weighted by molar-refractivity contribution is 0.446. The van der Waals surface area contributed by atoms with Gasteiger partial charge in [-0.25, -0.2) is 8.42 Å². The van der Waals surface area contributed by atoms with Crippen molar-refractivity contribution in [1.82, 2.24) is 9.62 Å². The smallest absolute Gasteiger partial charge is 0.252 e. The van der Waals surface area contributed by atoms with Crippen molar-refractivity contribution in [2.45, 2.75) is 56.8 Å². The maximum atomic E-state index is 12.7. The Morgan fingerprint density at radius 1 is 1.43 bits per heavy atom. The largest absolute Gasteiger partial charge is 0.310 e. The molecule has 6 heteroatoms. The van der Waals surface area contributed by atoms with Crippen molar-refractivity contribution < 1.29 is 8.42 Å². The van der Waals surface area contributed by atoms with Crippen LogP contribution in [0.2, 0.25) is 0 Å². The standard InChI is InChI=1S/C15H26N2O2S2/c1-4-5-13-8-9-17(11-13)21(18,19)15-7-6-14(20-15)10-16-12(2)3/h6-7,12-13,16H,4-5,8-11H2,1-3H3. The van der Waals surface area contributed by atoms with Gasteiger partial charge in [0.1, 0.15) is 4.21 Å². The molecule has 1 N–H and O–H groups in total. The molecular weight excluding hydrogens is 304 g/mol. The molecule has 1 aliphatic heterocycles. The third-order valence-electron chi connectivity index (χ3n) is 3.86. The second kappa shape index (κ2) is 7.22.